The van der Waals surface area contributed by atoms with E-state index in [1.165, 1.54) is 10.6 Å². The summed E-state index contributed by atoms with van der Waals surface area (Å²) >= 11 is 6.28. The van der Waals surface area contributed by atoms with Crippen LogP contribution in [0.15, 0.2) is 41.3 Å². The summed E-state index contributed by atoms with van der Waals surface area (Å²) in [6.07, 6.45) is 2.13. The van der Waals surface area contributed by atoms with Gasteiger partial charge in [0.15, 0.2) is 21.4 Å². The van der Waals surface area contributed by atoms with E-state index < -0.39 is 9.84 Å². The molecule has 0 saturated heterocycles. The lowest BCUT2D eigenvalue weighted by Crippen LogP contribution is -2.18. The molecule has 3 rings (SSSR count). The number of halogens is 1. The molecule has 1 aromatic carbocycles. The summed E-state index contributed by atoms with van der Waals surface area (Å²) in [5.41, 5.74) is 2.09. The van der Waals surface area contributed by atoms with Gasteiger partial charge in [-0.25, -0.2) is 13.4 Å². The van der Waals surface area contributed by atoms with Gasteiger partial charge in [-0.05, 0) is 38.0 Å². The van der Waals surface area contributed by atoms with Crippen molar-refractivity contribution >= 4 is 21.4 Å². The van der Waals surface area contributed by atoms with Gasteiger partial charge in [0.05, 0.1) is 22.2 Å². The molecule has 0 atom stereocenters. The highest BCUT2D eigenvalue weighted by molar-refractivity contribution is 7.90. The van der Waals surface area contributed by atoms with Gasteiger partial charge < -0.3 is 9.30 Å². The molecule has 0 saturated carbocycles. The van der Waals surface area contributed by atoms with E-state index >= 15 is 0 Å². The summed E-state index contributed by atoms with van der Waals surface area (Å²) in [6.45, 7) is 5.36. The third kappa shape index (κ3) is 5.51. The number of para-hydroxylation sites is 1. The van der Waals surface area contributed by atoms with Crippen LogP contribution >= 0.6 is 11.6 Å². The van der Waals surface area contributed by atoms with Gasteiger partial charge in [-0.15, -0.1) is 0 Å². The molecule has 0 aliphatic rings. The maximum absolute atomic E-state index is 12.4. The van der Waals surface area contributed by atoms with Crippen molar-refractivity contribution in [2.45, 2.75) is 32.9 Å². The second-order valence-corrected chi connectivity index (χ2v) is 10.0. The monoisotopic (exact) mass is 461 g/mol. The minimum atomic E-state index is -3.34. The zero-order valence-electron chi connectivity index (χ0n) is 17.8. The van der Waals surface area contributed by atoms with E-state index in [9.17, 15) is 13.2 Å². The van der Waals surface area contributed by atoms with Crippen molar-refractivity contribution in [3.05, 3.63) is 68.7 Å². The molecule has 0 unspecified atom stereocenters. The predicted molar refractivity (Wildman–Crippen MR) is 121 cm³/mol. The average molecular weight is 462 g/mol. The molecule has 9 heteroatoms. The van der Waals surface area contributed by atoms with Gasteiger partial charge in [0, 0.05) is 30.4 Å². The van der Waals surface area contributed by atoms with Crippen LogP contribution in [0.25, 0.3) is 11.4 Å². The minimum absolute atomic E-state index is 0.0606. The van der Waals surface area contributed by atoms with Crippen LogP contribution in [0.3, 0.4) is 0 Å². The summed E-state index contributed by atoms with van der Waals surface area (Å²) in [6, 6.07) is 8.55. The van der Waals surface area contributed by atoms with E-state index in [0.717, 1.165) is 5.56 Å². The second-order valence-electron chi connectivity index (χ2n) is 7.43. The Balaban J connectivity index is 2.13. The number of benzene rings is 1. The zero-order chi connectivity index (χ0) is 22.8. The van der Waals surface area contributed by atoms with Crippen LogP contribution in [0.5, 0.6) is 11.6 Å². The van der Waals surface area contributed by atoms with Gasteiger partial charge in [0.2, 0.25) is 5.88 Å². The number of aromatic nitrogens is 3. The van der Waals surface area contributed by atoms with Gasteiger partial charge in [-0.3, -0.25) is 4.79 Å². The quantitative estimate of drug-likeness (QED) is 0.523. The Morgan fingerprint density at radius 2 is 1.87 bits per heavy atom. The summed E-state index contributed by atoms with van der Waals surface area (Å²) in [5.74, 6) is 0.703. The first-order valence-electron chi connectivity index (χ1n) is 9.78. The SMILES string of the molecule is CCCS(=O)(=O)Cc1cc(Oc2c(C)cccc2Cl)nc(-c2cc(C)c(=O)n(C)c2)n1. The first-order chi connectivity index (χ1) is 14.6. The molecule has 0 fully saturated rings. The minimum Gasteiger partial charge on any atom is -0.437 e. The number of rotatable bonds is 7. The molecule has 31 heavy (non-hydrogen) atoms. The van der Waals surface area contributed by atoms with Crippen LogP contribution in [-0.4, -0.2) is 28.7 Å². The Kier molecular flexibility index (Phi) is 6.81. The Hall–Kier alpha value is -2.71. The number of ether oxygens (including phenoxy) is 1. The molecule has 0 bridgehead atoms. The lowest BCUT2D eigenvalue weighted by molar-refractivity contribution is 0.458. The van der Waals surface area contributed by atoms with Gasteiger partial charge in [-0.1, -0.05) is 30.7 Å². The van der Waals surface area contributed by atoms with Crippen LogP contribution in [0, 0.1) is 13.8 Å². The van der Waals surface area contributed by atoms with Crippen LogP contribution < -0.4 is 10.3 Å². The normalized spacial score (nSPS) is 11.5. The molecule has 3 aromatic rings. The summed E-state index contributed by atoms with van der Waals surface area (Å²) in [7, 11) is -1.70. The van der Waals surface area contributed by atoms with Crippen molar-refractivity contribution in [1.82, 2.24) is 14.5 Å². The highest BCUT2D eigenvalue weighted by Crippen LogP contribution is 2.32. The maximum atomic E-state index is 12.4. The van der Waals surface area contributed by atoms with Crippen molar-refractivity contribution in [3.8, 4) is 23.0 Å². The van der Waals surface area contributed by atoms with Crippen molar-refractivity contribution in [1.29, 1.82) is 0 Å². The number of aryl methyl sites for hydroxylation is 3. The summed E-state index contributed by atoms with van der Waals surface area (Å²) in [5, 5.41) is 0.415. The van der Waals surface area contributed by atoms with Crippen molar-refractivity contribution in [3.63, 3.8) is 0 Å². The van der Waals surface area contributed by atoms with Crippen molar-refractivity contribution in [2.24, 2.45) is 7.05 Å². The zero-order valence-corrected chi connectivity index (χ0v) is 19.4. The molecular formula is C22H24ClN3O4S. The van der Waals surface area contributed by atoms with Gasteiger partial charge in [-0.2, -0.15) is 4.98 Å². The summed E-state index contributed by atoms with van der Waals surface area (Å²) < 4.78 is 32.2. The molecule has 0 aliphatic heterocycles. The molecule has 7 nitrogen and oxygen atoms in total. The number of sulfone groups is 1. The third-order valence-corrected chi connectivity index (χ3v) is 6.69. The lowest BCUT2D eigenvalue weighted by Gasteiger charge is -2.13. The first kappa shape index (κ1) is 23.0. The maximum Gasteiger partial charge on any atom is 0.253 e. The van der Waals surface area contributed by atoms with Crippen molar-refractivity contribution < 1.29 is 13.2 Å². The smallest absolute Gasteiger partial charge is 0.253 e. The number of hydrogen-bond donors (Lipinski definition) is 0. The van der Waals surface area contributed by atoms with Crippen LogP contribution in [-0.2, 0) is 22.6 Å². The Morgan fingerprint density at radius 1 is 1.13 bits per heavy atom. The highest BCUT2D eigenvalue weighted by Gasteiger charge is 2.17. The molecule has 0 aliphatic carbocycles. The largest absolute Gasteiger partial charge is 0.437 e. The Morgan fingerprint density at radius 3 is 2.52 bits per heavy atom. The third-order valence-electron chi connectivity index (χ3n) is 4.63. The van der Waals surface area contributed by atoms with E-state index in [0.29, 0.717) is 34.0 Å². The average Bonchev–Trinajstić information content (AvgIpc) is 2.68. The lowest BCUT2D eigenvalue weighted by atomic mass is 10.2. The Labute approximate surface area is 186 Å². The van der Waals surface area contributed by atoms with Crippen LogP contribution in [0.1, 0.15) is 30.2 Å². The molecule has 2 aromatic heterocycles. The van der Waals surface area contributed by atoms with Gasteiger partial charge in [0.25, 0.3) is 5.56 Å². The molecule has 2 heterocycles. The fraction of sp³-hybridized carbons (Fsp3) is 0.318. The van der Waals surface area contributed by atoms with Gasteiger partial charge >= 0.3 is 0 Å². The molecule has 164 valence electrons. The first-order valence-corrected chi connectivity index (χ1v) is 12.0. The molecule has 0 N–H and O–H groups in total. The van der Waals surface area contributed by atoms with Crippen LogP contribution in [0.4, 0.5) is 0 Å². The fourth-order valence-corrected chi connectivity index (χ4v) is 4.81. The standard InChI is InChI=1S/C22H24ClN3O4S/c1-5-9-31(28,29)13-17-11-19(30-20-14(2)7-6-8-18(20)23)25-21(24-17)16-10-15(3)22(27)26(4)12-16/h6-8,10-12H,5,9,13H2,1-4H3. The topological polar surface area (TPSA) is 91.2 Å². The highest BCUT2D eigenvalue weighted by atomic mass is 35.5. The van der Waals surface area contributed by atoms with E-state index in [2.05, 4.69) is 9.97 Å². The molecule has 0 spiro atoms. The molecule has 0 radical (unpaired) electrons. The number of nitrogens with zero attached hydrogens (tertiary/aromatic N) is 3. The van der Waals surface area contributed by atoms with E-state index in [-0.39, 0.29) is 28.8 Å². The fourth-order valence-electron chi connectivity index (χ4n) is 3.19. The Bertz CT molecular complexity index is 1240. The van der Waals surface area contributed by atoms with Crippen LogP contribution in [0.2, 0.25) is 5.02 Å². The van der Waals surface area contributed by atoms with Crippen molar-refractivity contribution in [2.75, 3.05) is 5.75 Å². The number of hydrogen-bond acceptors (Lipinski definition) is 6. The molecular weight excluding hydrogens is 438 g/mol. The van der Waals surface area contributed by atoms with E-state index in [4.69, 9.17) is 16.3 Å². The van der Waals surface area contributed by atoms with E-state index in [1.807, 2.05) is 26.0 Å². The van der Waals surface area contributed by atoms with E-state index in [1.54, 1.807) is 32.3 Å². The van der Waals surface area contributed by atoms with Gasteiger partial charge in [0.1, 0.15) is 0 Å². The predicted octanol–water partition coefficient (Wildman–Crippen LogP) is 4.23. The molecule has 0 amide bonds. The second kappa shape index (κ2) is 9.20. The number of pyridine rings is 1. The summed E-state index contributed by atoms with van der Waals surface area (Å²) in [4.78, 5) is 21.0.